The van der Waals surface area contributed by atoms with Gasteiger partial charge in [-0.05, 0) is 30.5 Å². The first-order chi connectivity index (χ1) is 13.0. The second kappa shape index (κ2) is 9.54. The molecule has 140 valence electrons. The molecule has 0 aliphatic rings. The van der Waals surface area contributed by atoms with E-state index in [1.807, 2.05) is 6.07 Å². The number of thioether (sulfide) groups is 1. The number of carbonyl (C=O) groups is 2. The predicted octanol–water partition coefficient (Wildman–Crippen LogP) is 3.69. The van der Waals surface area contributed by atoms with Crippen LogP contribution in [0.4, 0.5) is 11.4 Å². The fourth-order valence-corrected chi connectivity index (χ4v) is 2.88. The van der Waals surface area contributed by atoms with Crippen LogP contribution in [0.3, 0.4) is 0 Å². The van der Waals surface area contributed by atoms with Crippen LogP contribution in [0.15, 0.2) is 66.1 Å². The van der Waals surface area contributed by atoms with Gasteiger partial charge in [-0.25, -0.2) is 4.79 Å². The smallest absolute Gasteiger partial charge is 0.338 e. The number of amides is 1. The lowest BCUT2D eigenvalue weighted by Gasteiger charge is -2.21. The summed E-state index contributed by atoms with van der Waals surface area (Å²) in [6, 6.07) is 13.0. The average Bonchev–Trinajstić information content (AvgIpc) is 2.70. The number of hydrogen-bond acceptors (Lipinski definition) is 6. The van der Waals surface area contributed by atoms with Crippen LogP contribution in [0, 0.1) is 10.1 Å². The Morgan fingerprint density at radius 3 is 2.56 bits per heavy atom. The molecule has 0 N–H and O–H groups in total. The molecule has 8 heteroatoms. The summed E-state index contributed by atoms with van der Waals surface area (Å²) < 4.78 is 5.05. The van der Waals surface area contributed by atoms with Gasteiger partial charge in [0.1, 0.15) is 0 Å². The number of ether oxygens (including phenoxy) is 1. The third kappa shape index (κ3) is 5.18. The highest BCUT2D eigenvalue weighted by Crippen LogP contribution is 2.28. The maximum Gasteiger partial charge on any atom is 0.338 e. The Morgan fingerprint density at radius 1 is 1.26 bits per heavy atom. The molecule has 7 nitrogen and oxygen atoms in total. The topological polar surface area (TPSA) is 89.8 Å². The molecule has 27 heavy (non-hydrogen) atoms. The first-order valence-electron chi connectivity index (χ1n) is 7.93. The van der Waals surface area contributed by atoms with Gasteiger partial charge >= 0.3 is 5.97 Å². The van der Waals surface area contributed by atoms with E-state index in [1.165, 1.54) is 28.8 Å². The van der Waals surface area contributed by atoms with E-state index < -0.39 is 23.4 Å². The number of carbonyl (C=O) groups excluding carboxylic acids is 2. The number of nitro groups is 1. The molecule has 0 aromatic heterocycles. The van der Waals surface area contributed by atoms with Crippen molar-refractivity contribution >= 4 is 35.0 Å². The molecule has 0 spiro atoms. The number of esters is 1. The van der Waals surface area contributed by atoms with E-state index in [-0.39, 0.29) is 17.8 Å². The Bertz CT molecular complexity index is 854. The van der Waals surface area contributed by atoms with Crippen LogP contribution in [-0.2, 0) is 9.53 Å². The molecule has 0 aliphatic carbocycles. The van der Waals surface area contributed by atoms with Gasteiger partial charge in [0.2, 0.25) is 0 Å². The van der Waals surface area contributed by atoms with Crippen LogP contribution in [0.1, 0.15) is 10.4 Å². The predicted molar refractivity (Wildman–Crippen MR) is 104 cm³/mol. The van der Waals surface area contributed by atoms with E-state index in [0.29, 0.717) is 10.6 Å². The fraction of sp³-hybridized carbons (Fsp3) is 0.158. The van der Waals surface area contributed by atoms with Gasteiger partial charge in [0, 0.05) is 18.3 Å². The van der Waals surface area contributed by atoms with Crippen molar-refractivity contribution in [2.45, 2.75) is 4.90 Å². The van der Waals surface area contributed by atoms with Gasteiger partial charge in [0.05, 0.1) is 15.4 Å². The van der Waals surface area contributed by atoms with Crippen LogP contribution in [0.25, 0.3) is 0 Å². The lowest BCUT2D eigenvalue weighted by molar-refractivity contribution is -0.387. The number of rotatable bonds is 8. The summed E-state index contributed by atoms with van der Waals surface area (Å²) in [5.74, 6) is -1.23. The number of benzene rings is 2. The van der Waals surface area contributed by atoms with Gasteiger partial charge in [-0.3, -0.25) is 14.9 Å². The molecule has 0 unspecified atom stereocenters. The Morgan fingerprint density at radius 2 is 1.96 bits per heavy atom. The van der Waals surface area contributed by atoms with Gasteiger partial charge in [-0.1, -0.05) is 24.3 Å². The van der Waals surface area contributed by atoms with Gasteiger partial charge in [0.25, 0.3) is 11.6 Å². The molecule has 0 bridgehead atoms. The van der Waals surface area contributed by atoms with Crippen LogP contribution in [0.5, 0.6) is 0 Å². The van der Waals surface area contributed by atoms with Crippen molar-refractivity contribution < 1.29 is 19.2 Å². The van der Waals surface area contributed by atoms with Crippen molar-refractivity contribution in [3.8, 4) is 0 Å². The number of hydrogen-bond donors (Lipinski definition) is 0. The standard InChI is InChI=1S/C19H18N2O5S/c1-3-11-20(15-7-5-4-6-8-15)18(22)13-26-19(23)14-9-10-17(27-2)16(12-14)21(24)25/h3-10,12H,1,11,13H2,2H3. The first-order valence-corrected chi connectivity index (χ1v) is 9.16. The summed E-state index contributed by atoms with van der Waals surface area (Å²) in [7, 11) is 0. The van der Waals surface area contributed by atoms with Crippen LogP contribution < -0.4 is 4.90 Å². The molecule has 0 radical (unpaired) electrons. The van der Waals surface area contributed by atoms with Gasteiger partial charge in [-0.2, -0.15) is 0 Å². The van der Waals surface area contributed by atoms with Crippen molar-refractivity contribution in [3.05, 3.63) is 76.9 Å². The summed E-state index contributed by atoms with van der Waals surface area (Å²) in [6.07, 6.45) is 3.27. The molecule has 2 aromatic carbocycles. The molecule has 0 fully saturated rings. The lowest BCUT2D eigenvalue weighted by atomic mass is 10.2. The highest BCUT2D eigenvalue weighted by Gasteiger charge is 2.20. The summed E-state index contributed by atoms with van der Waals surface area (Å²) in [5.41, 5.74) is 0.488. The average molecular weight is 386 g/mol. The number of anilines is 1. The first kappa shape index (κ1) is 20.2. The fourth-order valence-electron chi connectivity index (χ4n) is 2.34. The zero-order valence-corrected chi connectivity index (χ0v) is 15.5. The lowest BCUT2D eigenvalue weighted by Crippen LogP contribution is -2.34. The summed E-state index contributed by atoms with van der Waals surface area (Å²) >= 11 is 1.21. The highest BCUT2D eigenvalue weighted by atomic mass is 32.2. The van der Waals surface area contributed by atoms with Crippen molar-refractivity contribution in [3.63, 3.8) is 0 Å². The summed E-state index contributed by atoms with van der Waals surface area (Å²) in [4.78, 5) is 37.1. The normalized spacial score (nSPS) is 10.1. The maximum absolute atomic E-state index is 12.4. The van der Waals surface area contributed by atoms with E-state index in [9.17, 15) is 19.7 Å². The van der Waals surface area contributed by atoms with Gasteiger partial charge < -0.3 is 9.64 Å². The van der Waals surface area contributed by atoms with E-state index in [4.69, 9.17) is 4.74 Å². The molecule has 2 aromatic rings. The van der Waals surface area contributed by atoms with Crippen molar-refractivity contribution in [2.24, 2.45) is 0 Å². The zero-order valence-electron chi connectivity index (χ0n) is 14.7. The number of para-hydroxylation sites is 1. The molecule has 0 aliphatic heterocycles. The minimum atomic E-state index is -0.800. The monoisotopic (exact) mass is 386 g/mol. The van der Waals surface area contributed by atoms with Gasteiger partial charge in [-0.15, -0.1) is 18.3 Å². The summed E-state index contributed by atoms with van der Waals surface area (Å²) in [5, 5.41) is 11.1. The molecule has 0 saturated heterocycles. The third-order valence-corrected chi connectivity index (χ3v) is 4.40. The molecule has 0 atom stereocenters. The minimum Gasteiger partial charge on any atom is -0.452 e. The van der Waals surface area contributed by atoms with Crippen molar-refractivity contribution in [1.82, 2.24) is 0 Å². The van der Waals surface area contributed by atoms with E-state index in [1.54, 1.807) is 36.6 Å². The highest BCUT2D eigenvalue weighted by molar-refractivity contribution is 7.98. The maximum atomic E-state index is 12.4. The Hall–Kier alpha value is -3.13. The van der Waals surface area contributed by atoms with Crippen LogP contribution in [-0.4, -0.2) is 36.2 Å². The molecule has 0 saturated carbocycles. The van der Waals surface area contributed by atoms with Crippen molar-refractivity contribution in [1.29, 1.82) is 0 Å². The van der Waals surface area contributed by atoms with Crippen LogP contribution >= 0.6 is 11.8 Å². The second-order valence-electron chi connectivity index (χ2n) is 5.35. The van der Waals surface area contributed by atoms with Gasteiger partial charge in [0.15, 0.2) is 6.61 Å². The number of nitrogens with zero attached hydrogens (tertiary/aromatic N) is 2. The second-order valence-corrected chi connectivity index (χ2v) is 6.20. The van der Waals surface area contributed by atoms with E-state index in [2.05, 4.69) is 6.58 Å². The van der Waals surface area contributed by atoms with E-state index in [0.717, 1.165) is 6.07 Å². The Kier molecular flexibility index (Phi) is 7.13. The minimum absolute atomic E-state index is 0.0160. The largest absolute Gasteiger partial charge is 0.452 e. The molecule has 0 heterocycles. The molecule has 2 rings (SSSR count). The zero-order chi connectivity index (χ0) is 19.8. The summed E-state index contributed by atoms with van der Waals surface area (Å²) in [6.45, 7) is 3.40. The van der Waals surface area contributed by atoms with Crippen LogP contribution in [0.2, 0.25) is 0 Å². The molecule has 1 amide bonds. The quantitative estimate of drug-likeness (QED) is 0.226. The molecular weight excluding hydrogens is 368 g/mol. The Balaban J connectivity index is 2.09. The van der Waals surface area contributed by atoms with Crippen molar-refractivity contribution in [2.75, 3.05) is 24.3 Å². The Labute approximate surface area is 160 Å². The molecular formula is C19H18N2O5S. The number of nitro benzene ring substituents is 1. The van der Waals surface area contributed by atoms with E-state index >= 15 is 0 Å². The third-order valence-electron chi connectivity index (χ3n) is 3.62. The SMILES string of the molecule is C=CCN(C(=O)COC(=O)c1ccc(SC)c([N+](=O)[O-])c1)c1ccccc1.